The van der Waals surface area contributed by atoms with Crippen LogP contribution < -0.4 is 0 Å². The van der Waals surface area contributed by atoms with Gasteiger partial charge in [0, 0.05) is 11.5 Å². The average molecular weight is 294 g/mol. The van der Waals surface area contributed by atoms with Crippen molar-refractivity contribution < 1.29 is 18.3 Å². The van der Waals surface area contributed by atoms with Crippen LogP contribution in [0.3, 0.4) is 0 Å². The molecule has 0 radical (unpaired) electrons. The van der Waals surface area contributed by atoms with Crippen molar-refractivity contribution in [3.05, 3.63) is 29.1 Å². The minimum Gasteiger partial charge on any atom is -0.461 e. The van der Waals surface area contributed by atoms with Crippen LogP contribution in [-0.2, 0) is 10.1 Å². The van der Waals surface area contributed by atoms with Gasteiger partial charge in [-0.15, -0.1) is 0 Å². The quantitative estimate of drug-likeness (QED) is 0.633. The van der Waals surface area contributed by atoms with E-state index in [2.05, 4.69) is 25.7 Å². The molecule has 0 aromatic carbocycles. The molecule has 1 aromatic heterocycles. The number of esters is 1. The first kappa shape index (κ1) is 13.0. The lowest BCUT2D eigenvalue weighted by Gasteiger charge is -2.10. The van der Waals surface area contributed by atoms with Gasteiger partial charge in [0.25, 0.3) is 6.43 Å². The molecule has 88 valence electrons. The molecular formula is C10H10BrF2NO2. The molecule has 0 unspecified atom stereocenters. The summed E-state index contributed by atoms with van der Waals surface area (Å²) in [6.45, 7) is 1.73. The number of carbonyl (C=O) groups excluding carboxylic acids is 1. The molecule has 16 heavy (non-hydrogen) atoms. The first-order chi connectivity index (χ1) is 7.61. The van der Waals surface area contributed by atoms with Crippen LogP contribution in [0.15, 0.2) is 12.3 Å². The SMILES string of the molecule is CCOC(=O)c1nccc(CBr)c1C(F)F. The first-order valence-corrected chi connectivity index (χ1v) is 5.73. The summed E-state index contributed by atoms with van der Waals surface area (Å²) < 4.78 is 30.3. The van der Waals surface area contributed by atoms with E-state index in [1.54, 1.807) is 6.92 Å². The van der Waals surface area contributed by atoms with Gasteiger partial charge < -0.3 is 4.74 Å². The van der Waals surface area contributed by atoms with Crippen molar-refractivity contribution in [1.82, 2.24) is 4.98 Å². The molecule has 0 N–H and O–H groups in total. The summed E-state index contributed by atoms with van der Waals surface area (Å²) in [4.78, 5) is 15.1. The highest BCUT2D eigenvalue weighted by Gasteiger charge is 2.23. The molecule has 0 bridgehead atoms. The van der Waals surface area contributed by atoms with E-state index in [1.807, 2.05) is 0 Å². The van der Waals surface area contributed by atoms with Crippen LogP contribution in [0.5, 0.6) is 0 Å². The third-order valence-corrected chi connectivity index (χ3v) is 2.52. The van der Waals surface area contributed by atoms with Crippen molar-refractivity contribution >= 4 is 21.9 Å². The van der Waals surface area contributed by atoms with Gasteiger partial charge in [0.2, 0.25) is 0 Å². The second-order valence-electron chi connectivity index (χ2n) is 2.89. The highest BCUT2D eigenvalue weighted by molar-refractivity contribution is 9.08. The van der Waals surface area contributed by atoms with E-state index >= 15 is 0 Å². The zero-order valence-electron chi connectivity index (χ0n) is 8.54. The Labute approximate surface area is 99.9 Å². The molecule has 0 aliphatic rings. The van der Waals surface area contributed by atoms with E-state index in [-0.39, 0.29) is 23.2 Å². The van der Waals surface area contributed by atoms with Crippen molar-refractivity contribution in [2.75, 3.05) is 6.61 Å². The van der Waals surface area contributed by atoms with E-state index in [4.69, 9.17) is 0 Å². The molecule has 0 saturated heterocycles. The molecule has 0 aliphatic carbocycles. The fourth-order valence-electron chi connectivity index (χ4n) is 1.24. The number of rotatable bonds is 4. The number of ether oxygens (including phenoxy) is 1. The summed E-state index contributed by atoms with van der Waals surface area (Å²) in [6.07, 6.45) is -1.44. The van der Waals surface area contributed by atoms with Gasteiger partial charge in [-0.3, -0.25) is 0 Å². The predicted octanol–water partition coefficient (Wildman–Crippen LogP) is 3.09. The van der Waals surface area contributed by atoms with Crippen LogP contribution in [0.25, 0.3) is 0 Å². The van der Waals surface area contributed by atoms with Crippen LogP contribution in [-0.4, -0.2) is 17.6 Å². The maximum atomic E-state index is 12.8. The Hall–Kier alpha value is -1.04. The highest BCUT2D eigenvalue weighted by atomic mass is 79.9. The first-order valence-electron chi connectivity index (χ1n) is 4.60. The van der Waals surface area contributed by atoms with E-state index in [1.165, 1.54) is 12.3 Å². The summed E-state index contributed by atoms with van der Waals surface area (Å²) in [5.41, 5.74) is -0.334. The molecule has 3 nitrogen and oxygen atoms in total. The minimum absolute atomic E-state index is 0.127. The normalized spacial score (nSPS) is 10.6. The van der Waals surface area contributed by atoms with Crippen molar-refractivity contribution in [3.8, 4) is 0 Å². The van der Waals surface area contributed by atoms with Gasteiger partial charge in [0.1, 0.15) is 0 Å². The second-order valence-corrected chi connectivity index (χ2v) is 3.45. The Morgan fingerprint density at radius 2 is 2.31 bits per heavy atom. The molecule has 0 atom stereocenters. The van der Waals surface area contributed by atoms with E-state index in [9.17, 15) is 13.6 Å². The Kier molecular flexibility index (Phi) is 4.79. The Balaban J connectivity index is 3.22. The summed E-state index contributed by atoms with van der Waals surface area (Å²) in [5, 5.41) is 0.238. The van der Waals surface area contributed by atoms with Crippen LogP contribution in [0.1, 0.15) is 35.0 Å². The molecule has 0 spiro atoms. The van der Waals surface area contributed by atoms with Crippen molar-refractivity contribution in [2.24, 2.45) is 0 Å². The topological polar surface area (TPSA) is 39.2 Å². The zero-order valence-corrected chi connectivity index (χ0v) is 10.1. The standard InChI is InChI=1S/C10H10BrF2NO2/c1-2-16-10(15)8-7(9(12)13)6(5-11)3-4-14-8/h3-4,9H,2,5H2,1H3. The van der Waals surface area contributed by atoms with E-state index in [0.717, 1.165) is 0 Å². The van der Waals surface area contributed by atoms with Crippen LogP contribution in [0.2, 0.25) is 0 Å². The number of nitrogens with zero attached hydrogens (tertiary/aromatic N) is 1. The van der Waals surface area contributed by atoms with Crippen LogP contribution in [0.4, 0.5) is 8.78 Å². The lowest BCUT2D eigenvalue weighted by atomic mass is 10.1. The van der Waals surface area contributed by atoms with Crippen molar-refractivity contribution in [2.45, 2.75) is 18.7 Å². The van der Waals surface area contributed by atoms with Crippen molar-refractivity contribution in [3.63, 3.8) is 0 Å². The van der Waals surface area contributed by atoms with Gasteiger partial charge >= 0.3 is 5.97 Å². The van der Waals surface area contributed by atoms with Gasteiger partial charge in [0.05, 0.1) is 12.2 Å². The largest absolute Gasteiger partial charge is 0.461 e. The number of hydrogen-bond donors (Lipinski definition) is 0. The average Bonchev–Trinajstić information content (AvgIpc) is 2.28. The number of alkyl halides is 3. The third-order valence-electron chi connectivity index (χ3n) is 1.91. The van der Waals surface area contributed by atoms with E-state index in [0.29, 0.717) is 5.56 Å². The summed E-state index contributed by atoms with van der Waals surface area (Å²) >= 11 is 3.09. The van der Waals surface area contributed by atoms with Gasteiger partial charge in [-0.25, -0.2) is 18.6 Å². The van der Waals surface area contributed by atoms with E-state index < -0.39 is 12.4 Å². The molecule has 0 fully saturated rings. The predicted molar refractivity (Wildman–Crippen MR) is 57.8 cm³/mol. The highest BCUT2D eigenvalue weighted by Crippen LogP contribution is 2.27. The van der Waals surface area contributed by atoms with Gasteiger partial charge in [0.15, 0.2) is 5.69 Å². The van der Waals surface area contributed by atoms with Gasteiger partial charge in [-0.1, -0.05) is 15.9 Å². The zero-order chi connectivity index (χ0) is 12.1. The number of carbonyl (C=O) groups is 1. The lowest BCUT2D eigenvalue weighted by molar-refractivity contribution is 0.0507. The molecular weight excluding hydrogens is 284 g/mol. The monoisotopic (exact) mass is 293 g/mol. The Morgan fingerprint density at radius 1 is 1.62 bits per heavy atom. The lowest BCUT2D eigenvalue weighted by Crippen LogP contribution is -2.12. The van der Waals surface area contributed by atoms with Crippen LogP contribution >= 0.6 is 15.9 Å². The number of pyridine rings is 1. The number of aromatic nitrogens is 1. The maximum Gasteiger partial charge on any atom is 0.357 e. The second kappa shape index (κ2) is 5.89. The number of hydrogen-bond acceptors (Lipinski definition) is 3. The molecule has 1 aromatic rings. The number of halogens is 3. The third kappa shape index (κ3) is 2.75. The smallest absolute Gasteiger partial charge is 0.357 e. The molecule has 0 amide bonds. The maximum absolute atomic E-state index is 12.8. The summed E-state index contributed by atoms with van der Waals surface area (Å²) in [7, 11) is 0. The Morgan fingerprint density at radius 3 is 2.81 bits per heavy atom. The minimum atomic E-state index is -2.75. The fraction of sp³-hybridized carbons (Fsp3) is 0.400. The molecule has 0 aliphatic heterocycles. The fourth-order valence-corrected chi connectivity index (χ4v) is 1.72. The van der Waals surface area contributed by atoms with Crippen LogP contribution in [0, 0.1) is 0 Å². The summed E-state index contributed by atoms with van der Waals surface area (Å²) in [6, 6.07) is 1.44. The van der Waals surface area contributed by atoms with Gasteiger partial charge in [-0.05, 0) is 18.6 Å². The van der Waals surface area contributed by atoms with Gasteiger partial charge in [-0.2, -0.15) is 0 Å². The summed E-state index contributed by atoms with van der Waals surface area (Å²) in [5.74, 6) is -0.819. The molecule has 6 heteroatoms. The molecule has 1 heterocycles. The molecule has 1 rings (SSSR count). The Bertz CT molecular complexity index is 385. The van der Waals surface area contributed by atoms with Crippen molar-refractivity contribution in [1.29, 1.82) is 0 Å². The molecule has 0 saturated carbocycles.